The van der Waals surface area contributed by atoms with Gasteiger partial charge in [-0.15, -0.1) is 0 Å². The molecule has 1 heterocycles. The summed E-state index contributed by atoms with van der Waals surface area (Å²) in [5, 5.41) is 0.182. The number of esters is 1. The van der Waals surface area contributed by atoms with Crippen molar-refractivity contribution in [2.24, 2.45) is 0 Å². The van der Waals surface area contributed by atoms with E-state index in [-0.39, 0.29) is 11.3 Å². The Morgan fingerprint density at radius 3 is 2.79 bits per heavy atom. The third-order valence-electron chi connectivity index (χ3n) is 1.54. The monoisotopic (exact) mass is 213 g/mol. The Morgan fingerprint density at radius 2 is 2.21 bits per heavy atom. The van der Waals surface area contributed by atoms with Crippen LogP contribution in [0.4, 0.5) is 0 Å². The largest absolute Gasteiger partial charge is 0.459 e. The van der Waals surface area contributed by atoms with Gasteiger partial charge in [0.25, 0.3) is 0 Å². The maximum Gasteiger partial charge on any atom is 0.341 e. The Kier molecular flexibility index (Phi) is 3.47. The number of ether oxygens (including phenoxy) is 1. The number of halogens is 1. The van der Waals surface area contributed by atoms with Crippen LogP contribution in [-0.2, 0) is 4.74 Å². The topological polar surface area (TPSA) is 39.2 Å². The van der Waals surface area contributed by atoms with Crippen LogP contribution in [0.1, 0.15) is 29.8 Å². The van der Waals surface area contributed by atoms with Gasteiger partial charge in [-0.05, 0) is 32.4 Å². The Hall–Kier alpha value is -1.09. The Labute approximate surface area is 88.1 Å². The summed E-state index contributed by atoms with van der Waals surface area (Å²) < 4.78 is 5.01. The van der Waals surface area contributed by atoms with E-state index >= 15 is 0 Å². The number of pyridine rings is 1. The SMILES string of the molecule is Cc1cnc(Cl)c(C(=O)OC(C)C)c1. The molecule has 0 spiro atoms. The molecule has 0 saturated heterocycles. The van der Waals surface area contributed by atoms with Gasteiger partial charge in [0.2, 0.25) is 0 Å². The molecule has 0 aliphatic rings. The molecule has 4 heteroatoms. The van der Waals surface area contributed by atoms with Crippen molar-refractivity contribution in [2.75, 3.05) is 0 Å². The minimum Gasteiger partial charge on any atom is -0.459 e. The van der Waals surface area contributed by atoms with E-state index in [4.69, 9.17) is 16.3 Å². The van der Waals surface area contributed by atoms with Gasteiger partial charge in [-0.1, -0.05) is 11.6 Å². The summed E-state index contributed by atoms with van der Waals surface area (Å²) in [5.41, 5.74) is 1.20. The van der Waals surface area contributed by atoms with E-state index in [1.54, 1.807) is 26.1 Å². The lowest BCUT2D eigenvalue weighted by molar-refractivity contribution is 0.0377. The van der Waals surface area contributed by atoms with Gasteiger partial charge in [-0.2, -0.15) is 0 Å². The van der Waals surface area contributed by atoms with E-state index in [9.17, 15) is 4.79 Å². The third kappa shape index (κ3) is 2.70. The highest BCUT2D eigenvalue weighted by atomic mass is 35.5. The summed E-state index contributed by atoms with van der Waals surface area (Å²) in [7, 11) is 0. The second kappa shape index (κ2) is 4.42. The van der Waals surface area contributed by atoms with Gasteiger partial charge in [-0.25, -0.2) is 9.78 Å². The molecule has 0 N–H and O–H groups in total. The van der Waals surface area contributed by atoms with Crippen molar-refractivity contribution < 1.29 is 9.53 Å². The van der Waals surface area contributed by atoms with Gasteiger partial charge >= 0.3 is 5.97 Å². The zero-order valence-corrected chi connectivity index (χ0v) is 9.13. The molecular formula is C10H12ClNO2. The predicted octanol–water partition coefficient (Wildman–Crippen LogP) is 2.61. The van der Waals surface area contributed by atoms with E-state index in [2.05, 4.69) is 4.98 Å². The van der Waals surface area contributed by atoms with Gasteiger partial charge in [0, 0.05) is 6.20 Å². The zero-order valence-electron chi connectivity index (χ0n) is 8.37. The van der Waals surface area contributed by atoms with Gasteiger partial charge in [0.1, 0.15) is 5.15 Å². The van der Waals surface area contributed by atoms with Gasteiger partial charge in [0.05, 0.1) is 11.7 Å². The van der Waals surface area contributed by atoms with Crippen molar-refractivity contribution in [3.8, 4) is 0 Å². The van der Waals surface area contributed by atoms with E-state index in [0.29, 0.717) is 5.56 Å². The maximum atomic E-state index is 11.5. The average Bonchev–Trinajstić information content (AvgIpc) is 2.08. The fourth-order valence-electron chi connectivity index (χ4n) is 0.973. The molecular weight excluding hydrogens is 202 g/mol. The summed E-state index contributed by atoms with van der Waals surface area (Å²) in [6.07, 6.45) is 1.45. The summed E-state index contributed by atoms with van der Waals surface area (Å²) in [6.45, 7) is 5.42. The van der Waals surface area contributed by atoms with Crippen LogP contribution in [0.2, 0.25) is 5.15 Å². The first-order chi connectivity index (χ1) is 6.50. The molecule has 1 aromatic rings. The Morgan fingerprint density at radius 1 is 1.57 bits per heavy atom. The highest BCUT2D eigenvalue weighted by Crippen LogP contribution is 2.15. The Balaban J connectivity index is 2.94. The summed E-state index contributed by atoms with van der Waals surface area (Å²) in [5.74, 6) is -0.429. The van der Waals surface area contributed by atoms with Crippen LogP contribution in [-0.4, -0.2) is 17.1 Å². The molecule has 0 saturated carbocycles. The number of rotatable bonds is 2. The van der Waals surface area contributed by atoms with Gasteiger partial charge in [0.15, 0.2) is 0 Å². The molecule has 0 radical (unpaired) electrons. The lowest BCUT2D eigenvalue weighted by Crippen LogP contribution is -2.12. The summed E-state index contributed by atoms with van der Waals surface area (Å²) in [4.78, 5) is 15.4. The molecule has 0 amide bonds. The van der Waals surface area contributed by atoms with Gasteiger partial charge < -0.3 is 4.74 Å². The maximum absolute atomic E-state index is 11.5. The van der Waals surface area contributed by atoms with Crippen molar-refractivity contribution >= 4 is 17.6 Å². The van der Waals surface area contributed by atoms with Crippen molar-refractivity contribution in [3.63, 3.8) is 0 Å². The predicted molar refractivity (Wildman–Crippen MR) is 54.5 cm³/mol. The molecule has 1 rings (SSSR count). The number of hydrogen-bond donors (Lipinski definition) is 0. The number of hydrogen-bond acceptors (Lipinski definition) is 3. The minimum absolute atomic E-state index is 0.154. The second-order valence-corrected chi connectivity index (χ2v) is 3.66. The van der Waals surface area contributed by atoms with Gasteiger partial charge in [-0.3, -0.25) is 0 Å². The fraction of sp³-hybridized carbons (Fsp3) is 0.400. The molecule has 0 unspecified atom stereocenters. The van der Waals surface area contributed by atoms with Crippen LogP contribution in [0, 0.1) is 6.92 Å². The highest BCUT2D eigenvalue weighted by molar-refractivity contribution is 6.32. The molecule has 0 aliphatic carbocycles. The van der Waals surface area contributed by atoms with Crippen molar-refractivity contribution in [3.05, 3.63) is 28.5 Å². The average molecular weight is 214 g/mol. The molecule has 3 nitrogen and oxygen atoms in total. The second-order valence-electron chi connectivity index (χ2n) is 3.31. The standard InChI is InChI=1S/C10H12ClNO2/c1-6(2)14-10(13)8-4-7(3)5-12-9(8)11/h4-6H,1-3H3. The number of carbonyl (C=O) groups excluding carboxylic acids is 1. The van der Waals surface area contributed by atoms with Crippen molar-refractivity contribution in [2.45, 2.75) is 26.9 Å². The molecule has 76 valence electrons. The van der Waals surface area contributed by atoms with E-state index in [0.717, 1.165) is 5.56 Å². The number of nitrogens with zero attached hydrogens (tertiary/aromatic N) is 1. The minimum atomic E-state index is -0.429. The number of aromatic nitrogens is 1. The lowest BCUT2D eigenvalue weighted by atomic mass is 10.2. The van der Waals surface area contributed by atoms with E-state index in [1.807, 2.05) is 6.92 Å². The fourth-order valence-corrected chi connectivity index (χ4v) is 1.15. The Bertz CT molecular complexity index is 350. The van der Waals surface area contributed by atoms with E-state index in [1.165, 1.54) is 0 Å². The molecule has 0 aromatic carbocycles. The van der Waals surface area contributed by atoms with Crippen LogP contribution >= 0.6 is 11.6 Å². The van der Waals surface area contributed by atoms with Crippen LogP contribution < -0.4 is 0 Å². The summed E-state index contributed by atoms with van der Waals surface area (Å²) in [6, 6.07) is 1.67. The molecule has 0 atom stereocenters. The summed E-state index contributed by atoms with van der Waals surface area (Å²) >= 11 is 5.76. The van der Waals surface area contributed by atoms with Crippen molar-refractivity contribution in [1.82, 2.24) is 4.98 Å². The third-order valence-corrected chi connectivity index (χ3v) is 1.84. The molecule has 14 heavy (non-hydrogen) atoms. The quantitative estimate of drug-likeness (QED) is 0.560. The first-order valence-corrected chi connectivity index (χ1v) is 4.71. The van der Waals surface area contributed by atoms with Crippen LogP contribution in [0.15, 0.2) is 12.3 Å². The molecule has 1 aromatic heterocycles. The number of aryl methyl sites for hydroxylation is 1. The normalized spacial score (nSPS) is 10.4. The van der Waals surface area contributed by atoms with Crippen molar-refractivity contribution in [1.29, 1.82) is 0 Å². The molecule has 0 fully saturated rings. The number of carbonyl (C=O) groups is 1. The van der Waals surface area contributed by atoms with Crippen LogP contribution in [0.3, 0.4) is 0 Å². The first-order valence-electron chi connectivity index (χ1n) is 4.34. The molecule has 0 aliphatic heterocycles. The molecule has 0 bridgehead atoms. The smallest absolute Gasteiger partial charge is 0.341 e. The van der Waals surface area contributed by atoms with Crippen LogP contribution in [0.25, 0.3) is 0 Å². The van der Waals surface area contributed by atoms with Crippen LogP contribution in [0.5, 0.6) is 0 Å². The highest BCUT2D eigenvalue weighted by Gasteiger charge is 2.14. The van der Waals surface area contributed by atoms with E-state index < -0.39 is 5.97 Å². The lowest BCUT2D eigenvalue weighted by Gasteiger charge is -2.08. The zero-order chi connectivity index (χ0) is 10.7. The first kappa shape index (κ1) is 11.0.